The first-order valence-corrected chi connectivity index (χ1v) is 6.86. The van der Waals surface area contributed by atoms with Crippen molar-refractivity contribution >= 4 is 11.6 Å². The fourth-order valence-electron chi connectivity index (χ4n) is 2.08. The van der Waals surface area contributed by atoms with E-state index >= 15 is 0 Å². The van der Waals surface area contributed by atoms with Gasteiger partial charge in [0.25, 0.3) is 0 Å². The average Bonchev–Trinajstić information content (AvgIpc) is 2.81. The van der Waals surface area contributed by atoms with E-state index in [-0.39, 0.29) is 18.3 Å². The van der Waals surface area contributed by atoms with E-state index in [9.17, 15) is 9.18 Å². The van der Waals surface area contributed by atoms with E-state index in [1.165, 1.54) is 24.3 Å². The Kier molecular flexibility index (Phi) is 5.05. The fourth-order valence-corrected chi connectivity index (χ4v) is 2.08. The fraction of sp³-hybridized carbons (Fsp3) is 0.333. The van der Waals surface area contributed by atoms with Gasteiger partial charge in [-0.25, -0.2) is 4.39 Å². The van der Waals surface area contributed by atoms with E-state index in [0.29, 0.717) is 12.2 Å². The number of halogens is 1. The van der Waals surface area contributed by atoms with Gasteiger partial charge in [0, 0.05) is 31.0 Å². The number of anilines is 1. The highest BCUT2D eigenvalue weighted by Gasteiger charge is 2.07. The topological polar surface area (TPSA) is 59.0 Å². The lowest BCUT2D eigenvalue weighted by Gasteiger charge is -2.06. The van der Waals surface area contributed by atoms with E-state index in [4.69, 9.17) is 0 Å². The first-order valence-electron chi connectivity index (χ1n) is 6.86. The average molecular weight is 290 g/mol. The van der Waals surface area contributed by atoms with Crippen molar-refractivity contribution in [3.8, 4) is 0 Å². The monoisotopic (exact) mass is 290 g/mol. The Morgan fingerprint density at radius 2 is 2.05 bits per heavy atom. The van der Waals surface area contributed by atoms with Gasteiger partial charge < -0.3 is 10.6 Å². The molecule has 0 atom stereocenters. The SMILES string of the molecule is CCc1nn(C)cc1CNCC(=O)Nc1ccc(F)cc1. The number of aromatic nitrogens is 2. The van der Waals surface area contributed by atoms with Crippen molar-refractivity contribution in [2.45, 2.75) is 19.9 Å². The van der Waals surface area contributed by atoms with E-state index in [0.717, 1.165) is 17.7 Å². The van der Waals surface area contributed by atoms with Crippen molar-refractivity contribution in [3.05, 3.63) is 47.5 Å². The van der Waals surface area contributed by atoms with Crippen LogP contribution >= 0.6 is 0 Å². The molecule has 0 saturated heterocycles. The number of nitrogens with one attached hydrogen (secondary N) is 2. The van der Waals surface area contributed by atoms with Crippen molar-refractivity contribution in [1.82, 2.24) is 15.1 Å². The highest BCUT2D eigenvalue weighted by molar-refractivity contribution is 5.92. The molecule has 0 aliphatic rings. The lowest BCUT2D eigenvalue weighted by Crippen LogP contribution is -2.27. The van der Waals surface area contributed by atoms with Crippen LogP contribution in [0.4, 0.5) is 10.1 Å². The molecule has 0 radical (unpaired) electrons. The molecule has 0 unspecified atom stereocenters. The summed E-state index contributed by atoms with van der Waals surface area (Å²) < 4.78 is 14.5. The van der Waals surface area contributed by atoms with Crippen LogP contribution in [0.25, 0.3) is 0 Å². The summed E-state index contributed by atoms with van der Waals surface area (Å²) in [6.07, 6.45) is 2.81. The largest absolute Gasteiger partial charge is 0.325 e. The Balaban J connectivity index is 1.80. The molecule has 0 aliphatic carbocycles. The normalized spacial score (nSPS) is 10.6. The van der Waals surface area contributed by atoms with Gasteiger partial charge in [-0.15, -0.1) is 0 Å². The Morgan fingerprint density at radius 3 is 2.71 bits per heavy atom. The molecule has 0 bridgehead atoms. The van der Waals surface area contributed by atoms with Crippen LogP contribution < -0.4 is 10.6 Å². The number of carbonyl (C=O) groups excluding carboxylic acids is 1. The van der Waals surface area contributed by atoms with Crippen molar-refractivity contribution in [1.29, 1.82) is 0 Å². The number of amides is 1. The van der Waals surface area contributed by atoms with Crippen LogP contribution in [-0.2, 0) is 24.8 Å². The third kappa shape index (κ3) is 4.39. The predicted octanol–water partition coefficient (Wildman–Crippen LogP) is 1.85. The van der Waals surface area contributed by atoms with Gasteiger partial charge in [0.2, 0.25) is 5.91 Å². The minimum absolute atomic E-state index is 0.163. The number of aryl methyl sites for hydroxylation is 2. The molecule has 2 N–H and O–H groups in total. The number of hydrogen-bond donors (Lipinski definition) is 2. The summed E-state index contributed by atoms with van der Waals surface area (Å²) in [6, 6.07) is 5.69. The number of hydrogen-bond acceptors (Lipinski definition) is 3. The van der Waals surface area contributed by atoms with Crippen LogP contribution in [0.2, 0.25) is 0 Å². The molecule has 2 aromatic rings. The highest BCUT2D eigenvalue weighted by atomic mass is 19.1. The Labute approximate surface area is 123 Å². The van der Waals surface area contributed by atoms with Gasteiger partial charge in [-0.3, -0.25) is 9.48 Å². The van der Waals surface area contributed by atoms with Gasteiger partial charge in [0.15, 0.2) is 0 Å². The molecule has 0 fully saturated rings. The van der Waals surface area contributed by atoms with Gasteiger partial charge in [0.1, 0.15) is 5.82 Å². The van der Waals surface area contributed by atoms with Crippen molar-refractivity contribution < 1.29 is 9.18 Å². The molecule has 1 aromatic carbocycles. The highest BCUT2D eigenvalue weighted by Crippen LogP contribution is 2.08. The third-order valence-electron chi connectivity index (χ3n) is 3.06. The number of rotatable bonds is 6. The molecular weight excluding hydrogens is 271 g/mol. The van der Waals surface area contributed by atoms with E-state index < -0.39 is 0 Å². The zero-order valence-corrected chi connectivity index (χ0v) is 12.2. The Morgan fingerprint density at radius 1 is 1.33 bits per heavy atom. The summed E-state index contributed by atoms with van der Waals surface area (Å²) in [5.41, 5.74) is 2.71. The molecule has 0 saturated carbocycles. The van der Waals surface area contributed by atoms with Crippen molar-refractivity contribution in [2.75, 3.05) is 11.9 Å². The second kappa shape index (κ2) is 6.99. The second-order valence-corrected chi connectivity index (χ2v) is 4.79. The van der Waals surface area contributed by atoms with Gasteiger partial charge in [0.05, 0.1) is 12.2 Å². The van der Waals surface area contributed by atoms with E-state index in [1.54, 1.807) is 4.68 Å². The minimum Gasteiger partial charge on any atom is -0.325 e. The number of nitrogens with zero attached hydrogens (tertiary/aromatic N) is 2. The predicted molar refractivity (Wildman–Crippen MR) is 79.3 cm³/mol. The molecule has 0 spiro atoms. The molecule has 21 heavy (non-hydrogen) atoms. The van der Waals surface area contributed by atoms with Gasteiger partial charge in [-0.1, -0.05) is 6.92 Å². The lowest BCUT2D eigenvalue weighted by molar-refractivity contribution is -0.115. The molecule has 1 amide bonds. The number of benzene rings is 1. The summed E-state index contributed by atoms with van der Waals surface area (Å²) in [4.78, 5) is 11.8. The lowest BCUT2D eigenvalue weighted by atomic mass is 10.2. The smallest absolute Gasteiger partial charge is 0.238 e. The van der Waals surface area contributed by atoms with Crippen LogP contribution in [0.1, 0.15) is 18.2 Å². The van der Waals surface area contributed by atoms with Crippen LogP contribution in [0.5, 0.6) is 0 Å². The maximum atomic E-state index is 12.8. The minimum atomic E-state index is -0.324. The van der Waals surface area contributed by atoms with E-state index in [1.807, 2.05) is 20.2 Å². The third-order valence-corrected chi connectivity index (χ3v) is 3.06. The maximum Gasteiger partial charge on any atom is 0.238 e. The summed E-state index contributed by atoms with van der Waals surface area (Å²) >= 11 is 0. The van der Waals surface area contributed by atoms with Crippen LogP contribution in [0.15, 0.2) is 30.5 Å². The van der Waals surface area contributed by atoms with Crippen LogP contribution in [0, 0.1) is 5.82 Å². The molecule has 6 heteroatoms. The van der Waals surface area contributed by atoms with Gasteiger partial charge in [-0.05, 0) is 30.7 Å². The molecule has 2 rings (SSSR count). The Hall–Kier alpha value is -2.21. The molecule has 112 valence electrons. The zero-order chi connectivity index (χ0) is 15.2. The summed E-state index contributed by atoms with van der Waals surface area (Å²) in [7, 11) is 1.88. The summed E-state index contributed by atoms with van der Waals surface area (Å²) in [5, 5.41) is 10.1. The first-order chi connectivity index (χ1) is 10.1. The first kappa shape index (κ1) is 15.2. The maximum absolute atomic E-state index is 12.8. The van der Waals surface area contributed by atoms with Crippen LogP contribution in [-0.4, -0.2) is 22.2 Å². The summed E-state index contributed by atoms with van der Waals surface area (Å²) in [5.74, 6) is -0.488. The van der Waals surface area contributed by atoms with Crippen molar-refractivity contribution in [2.24, 2.45) is 7.05 Å². The zero-order valence-electron chi connectivity index (χ0n) is 12.2. The molecule has 1 heterocycles. The van der Waals surface area contributed by atoms with Crippen molar-refractivity contribution in [3.63, 3.8) is 0 Å². The van der Waals surface area contributed by atoms with E-state index in [2.05, 4.69) is 15.7 Å². The molecule has 0 aliphatic heterocycles. The quantitative estimate of drug-likeness (QED) is 0.853. The molecular formula is C15H19FN4O. The van der Waals surface area contributed by atoms with Gasteiger partial charge >= 0.3 is 0 Å². The standard InChI is InChI=1S/C15H19FN4O/c1-3-14-11(10-20(2)19-14)8-17-9-15(21)18-13-6-4-12(16)5-7-13/h4-7,10,17H,3,8-9H2,1-2H3,(H,18,21). The number of carbonyl (C=O) groups is 1. The molecule has 1 aromatic heterocycles. The summed E-state index contributed by atoms with van der Waals surface area (Å²) in [6.45, 7) is 2.83. The molecule has 5 nitrogen and oxygen atoms in total. The van der Waals surface area contributed by atoms with Crippen LogP contribution in [0.3, 0.4) is 0 Å². The van der Waals surface area contributed by atoms with Gasteiger partial charge in [-0.2, -0.15) is 5.10 Å². The second-order valence-electron chi connectivity index (χ2n) is 4.79. The Bertz CT molecular complexity index is 607.